The van der Waals surface area contributed by atoms with Gasteiger partial charge in [0.25, 0.3) is 0 Å². The summed E-state index contributed by atoms with van der Waals surface area (Å²) in [5.41, 5.74) is 1.10. The van der Waals surface area contributed by atoms with Crippen LogP contribution in [0.3, 0.4) is 0 Å². The van der Waals surface area contributed by atoms with Crippen molar-refractivity contribution < 1.29 is 4.74 Å². The average Bonchev–Trinajstić information content (AvgIpc) is 2.80. The highest BCUT2D eigenvalue weighted by Gasteiger charge is 2.10. The maximum atomic E-state index is 5.57. The van der Waals surface area contributed by atoms with Gasteiger partial charge >= 0.3 is 0 Å². The highest BCUT2D eigenvalue weighted by molar-refractivity contribution is 5.07. The van der Waals surface area contributed by atoms with Crippen molar-refractivity contribution in [2.75, 3.05) is 19.7 Å². The molecule has 0 spiro atoms. The van der Waals surface area contributed by atoms with Crippen molar-refractivity contribution in [1.82, 2.24) is 15.5 Å². The largest absolute Gasteiger partial charge is 0.372 e. The molecule has 15 heavy (non-hydrogen) atoms. The first-order chi connectivity index (χ1) is 7.38. The molecular weight excluding hydrogens is 190 g/mol. The number of hydrogen-bond donors (Lipinski definition) is 2. The van der Waals surface area contributed by atoms with Gasteiger partial charge in [0.05, 0.1) is 12.3 Å². The standard InChI is InChI=1S/C9H17N3O.C2H6/c1-3-10-7-9(13-4-2)8-5-11-12-6-8;1-2/h5-6,9-10H,3-4,7H2,1-2H3,(H,11,12);1-2H3. The van der Waals surface area contributed by atoms with E-state index in [1.807, 2.05) is 27.0 Å². The van der Waals surface area contributed by atoms with E-state index in [1.54, 1.807) is 6.20 Å². The van der Waals surface area contributed by atoms with Crippen LogP contribution in [0.2, 0.25) is 0 Å². The summed E-state index contributed by atoms with van der Waals surface area (Å²) in [5, 5.41) is 9.94. The van der Waals surface area contributed by atoms with Crippen LogP contribution < -0.4 is 5.32 Å². The van der Waals surface area contributed by atoms with Crippen LogP contribution in [0, 0.1) is 0 Å². The van der Waals surface area contributed by atoms with Crippen LogP contribution in [0.15, 0.2) is 12.4 Å². The fourth-order valence-electron chi connectivity index (χ4n) is 1.19. The van der Waals surface area contributed by atoms with Gasteiger partial charge in [0.2, 0.25) is 0 Å². The third-order valence-electron chi connectivity index (χ3n) is 1.84. The van der Waals surface area contributed by atoms with E-state index in [-0.39, 0.29) is 6.10 Å². The van der Waals surface area contributed by atoms with Gasteiger partial charge < -0.3 is 10.1 Å². The Morgan fingerprint density at radius 1 is 1.47 bits per heavy atom. The summed E-state index contributed by atoms with van der Waals surface area (Å²) in [5.74, 6) is 0. The van der Waals surface area contributed by atoms with Gasteiger partial charge in [0.15, 0.2) is 0 Å². The molecule has 0 aromatic carbocycles. The van der Waals surface area contributed by atoms with Crippen LogP contribution in [-0.4, -0.2) is 29.9 Å². The Kier molecular flexibility index (Phi) is 9.11. The summed E-state index contributed by atoms with van der Waals surface area (Å²) < 4.78 is 5.57. The monoisotopic (exact) mass is 213 g/mol. The normalized spacial score (nSPS) is 11.7. The Balaban J connectivity index is 0.000000921. The summed E-state index contributed by atoms with van der Waals surface area (Å²) in [6.07, 6.45) is 3.79. The maximum Gasteiger partial charge on any atom is 0.0979 e. The molecule has 0 bridgehead atoms. The van der Waals surface area contributed by atoms with Gasteiger partial charge in [-0.3, -0.25) is 5.10 Å². The summed E-state index contributed by atoms with van der Waals surface area (Å²) in [6, 6.07) is 0. The topological polar surface area (TPSA) is 49.9 Å². The van der Waals surface area contributed by atoms with E-state index in [4.69, 9.17) is 4.74 Å². The molecule has 1 unspecified atom stereocenters. The minimum absolute atomic E-state index is 0.115. The Morgan fingerprint density at radius 2 is 2.20 bits per heavy atom. The van der Waals surface area contributed by atoms with Gasteiger partial charge in [-0.05, 0) is 13.5 Å². The second-order valence-electron chi connectivity index (χ2n) is 2.78. The molecule has 0 radical (unpaired) electrons. The van der Waals surface area contributed by atoms with Crippen LogP contribution >= 0.6 is 0 Å². The summed E-state index contributed by atoms with van der Waals surface area (Å²) in [6.45, 7) is 10.6. The van der Waals surface area contributed by atoms with E-state index in [2.05, 4.69) is 22.4 Å². The van der Waals surface area contributed by atoms with Gasteiger partial charge in [-0.15, -0.1) is 0 Å². The van der Waals surface area contributed by atoms with Crippen molar-refractivity contribution in [3.8, 4) is 0 Å². The zero-order valence-electron chi connectivity index (χ0n) is 10.2. The Morgan fingerprint density at radius 3 is 2.67 bits per heavy atom. The Labute approximate surface area is 92.4 Å². The molecule has 0 aliphatic carbocycles. The van der Waals surface area contributed by atoms with E-state index < -0.39 is 0 Å². The van der Waals surface area contributed by atoms with Crippen molar-refractivity contribution in [2.24, 2.45) is 0 Å². The van der Waals surface area contributed by atoms with Gasteiger partial charge in [-0.1, -0.05) is 20.8 Å². The molecular formula is C11H23N3O. The third-order valence-corrected chi connectivity index (χ3v) is 1.84. The minimum atomic E-state index is 0.115. The molecule has 0 saturated carbocycles. The molecule has 1 aromatic rings. The van der Waals surface area contributed by atoms with E-state index in [0.717, 1.165) is 25.3 Å². The predicted octanol–water partition coefficient (Wildman–Crippen LogP) is 2.12. The molecule has 0 saturated heterocycles. The molecule has 1 aromatic heterocycles. The lowest BCUT2D eigenvalue weighted by Gasteiger charge is -2.15. The molecule has 1 heterocycles. The first-order valence-electron chi connectivity index (χ1n) is 5.69. The van der Waals surface area contributed by atoms with Crippen LogP contribution in [0.1, 0.15) is 39.4 Å². The molecule has 4 nitrogen and oxygen atoms in total. The van der Waals surface area contributed by atoms with Crippen LogP contribution in [0.25, 0.3) is 0 Å². The Bertz CT molecular complexity index is 212. The average molecular weight is 213 g/mol. The first kappa shape index (κ1) is 14.1. The molecule has 0 aliphatic heterocycles. The van der Waals surface area contributed by atoms with Gasteiger partial charge in [0, 0.05) is 24.9 Å². The number of ether oxygens (including phenoxy) is 1. The lowest BCUT2D eigenvalue weighted by molar-refractivity contribution is 0.0628. The van der Waals surface area contributed by atoms with Crippen LogP contribution in [0.4, 0.5) is 0 Å². The SMILES string of the molecule is CC.CCNCC(OCC)c1cn[nH]c1. The molecule has 88 valence electrons. The number of nitrogens with zero attached hydrogens (tertiary/aromatic N) is 1. The second-order valence-corrected chi connectivity index (χ2v) is 2.78. The van der Waals surface area contributed by atoms with Gasteiger partial charge in [-0.25, -0.2) is 0 Å². The summed E-state index contributed by atoms with van der Waals surface area (Å²) in [7, 11) is 0. The quantitative estimate of drug-likeness (QED) is 0.761. The molecule has 1 rings (SSSR count). The van der Waals surface area contributed by atoms with Crippen molar-refractivity contribution >= 4 is 0 Å². The number of hydrogen-bond acceptors (Lipinski definition) is 3. The van der Waals surface area contributed by atoms with Crippen molar-refractivity contribution in [3.63, 3.8) is 0 Å². The highest BCUT2D eigenvalue weighted by atomic mass is 16.5. The smallest absolute Gasteiger partial charge is 0.0979 e. The molecule has 0 fully saturated rings. The maximum absolute atomic E-state index is 5.57. The number of H-pyrrole nitrogens is 1. The zero-order valence-corrected chi connectivity index (χ0v) is 10.2. The van der Waals surface area contributed by atoms with E-state index in [0.29, 0.717) is 0 Å². The third kappa shape index (κ3) is 5.54. The number of nitrogens with one attached hydrogen (secondary N) is 2. The predicted molar refractivity (Wildman–Crippen MR) is 62.8 cm³/mol. The number of aromatic amines is 1. The van der Waals surface area contributed by atoms with E-state index in [1.165, 1.54) is 0 Å². The zero-order chi connectivity index (χ0) is 11.5. The number of aromatic nitrogens is 2. The Hall–Kier alpha value is -0.870. The van der Waals surface area contributed by atoms with Crippen molar-refractivity contribution in [2.45, 2.75) is 33.8 Å². The molecule has 1 atom stereocenters. The van der Waals surface area contributed by atoms with Gasteiger partial charge in [0.1, 0.15) is 0 Å². The minimum Gasteiger partial charge on any atom is -0.372 e. The summed E-state index contributed by atoms with van der Waals surface area (Å²) >= 11 is 0. The second kappa shape index (κ2) is 9.68. The molecule has 0 amide bonds. The molecule has 2 N–H and O–H groups in total. The molecule has 0 aliphatic rings. The number of rotatable bonds is 6. The van der Waals surface area contributed by atoms with E-state index in [9.17, 15) is 0 Å². The molecule has 4 heteroatoms. The van der Waals surface area contributed by atoms with E-state index >= 15 is 0 Å². The highest BCUT2D eigenvalue weighted by Crippen LogP contribution is 2.13. The fraction of sp³-hybridized carbons (Fsp3) is 0.727. The van der Waals surface area contributed by atoms with Crippen LogP contribution in [-0.2, 0) is 4.74 Å². The number of likely N-dealkylation sites (N-methyl/N-ethyl adjacent to an activating group) is 1. The van der Waals surface area contributed by atoms with Gasteiger partial charge in [-0.2, -0.15) is 5.10 Å². The van der Waals surface area contributed by atoms with Crippen LogP contribution in [0.5, 0.6) is 0 Å². The van der Waals surface area contributed by atoms with Crippen molar-refractivity contribution in [3.05, 3.63) is 18.0 Å². The summed E-state index contributed by atoms with van der Waals surface area (Å²) in [4.78, 5) is 0. The lowest BCUT2D eigenvalue weighted by atomic mass is 10.2. The lowest BCUT2D eigenvalue weighted by Crippen LogP contribution is -2.22. The van der Waals surface area contributed by atoms with Crippen molar-refractivity contribution in [1.29, 1.82) is 0 Å². The fourth-order valence-corrected chi connectivity index (χ4v) is 1.19. The first-order valence-corrected chi connectivity index (χ1v) is 5.69.